The molecule has 2 aromatic rings. The average molecular weight is 360 g/mol. The number of amides is 1. The van der Waals surface area contributed by atoms with Crippen LogP contribution in [0.25, 0.3) is 0 Å². The molecule has 0 radical (unpaired) electrons. The lowest BCUT2D eigenvalue weighted by Crippen LogP contribution is -2.25. The molecule has 0 saturated heterocycles. The SMILES string of the molecule is CCOC(=O)c1ccc(NC(=O)[C@H](c2ccc(Cl)cc2)C(C)C)cc1. The number of ether oxygens (including phenoxy) is 1. The second-order valence-corrected chi connectivity index (χ2v) is 6.50. The predicted octanol–water partition coefficient (Wildman–Crippen LogP) is 4.90. The van der Waals surface area contributed by atoms with E-state index in [1.807, 2.05) is 26.0 Å². The maximum atomic E-state index is 12.7. The molecule has 0 heterocycles. The van der Waals surface area contributed by atoms with Gasteiger partial charge in [0.15, 0.2) is 0 Å². The molecule has 0 aliphatic heterocycles. The molecule has 0 fully saturated rings. The monoisotopic (exact) mass is 359 g/mol. The minimum Gasteiger partial charge on any atom is -0.462 e. The summed E-state index contributed by atoms with van der Waals surface area (Å²) >= 11 is 5.93. The zero-order chi connectivity index (χ0) is 18.4. The molecule has 132 valence electrons. The van der Waals surface area contributed by atoms with E-state index >= 15 is 0 Å². The van der Waals surface area contributed by atoms with Crippen LogP contribution in [0.2, 0.25) is 5.02 Å². The molecule has 0 aliphatic rings. The number of carbonyl (C=O) groups is 2. The average Bonchev–Trinajstić information content (AvgIpc) is 2.57. The maximum absolute atomic E-state index is 12.7. The number of nitrogens with one attached hydrogen (secondary N) is 1. The summed E-state index contributed by atoms with van der Waals surface area (Å²) in [7, 11) is 0. The molecule has 1 amide bonds. The van der Waals surface area contributed by atoms with Crippen molar-refractivity contribution in [2.75, 3.05) is 11.9 Å². The summed E-state index contributed by atoms with van der Waals surface area (Å²) in [6, 6.07) is 14.0. The van der Waals surface area contributed by atoms with Gasteiger partial charge < -0.3 is 10.1 Å². The summed E-state index contributed by atoms with van der Waals surface area (Å²) in [5.41, 5.74) is 2.01. The van der Waals surface area contributed by atoms with E-state index < -0.39 is 0 Å². The third kappa shape index (κ3) is 5.07. The number of esters is 1. The van der Waals surface area contributed by atoms with Crippen molar-refractivity contribution >= 4 is 29.2 Å². The number of hydrogen-bond donors (Lipinski definition) is 1. The smallest absolute Gasteiger partial charge is 0.338 e. The first-order valence-electron chi connectivity index (χ1n) is 8.26. The summed E-state index contributed by atoms with van der Waals surface area (Å²) in [5, 5.41) is 3.55. The van der Waals surface area contributed by atoms with Gasteiger partial charge in [0.05, 0.1) is 18.1 Å². The van der Waals surface area contributed by atoms with Crippen LogP contribution in [0.1, 0.15) is 42.6 Å². The van der Waals surface area contributed by atoms with E-state index in [2.05, 4.69) is 5.32 Å². The van der Waals surface area contributed by atoms with E-state index in [0.717, 1.165) is 5.56 Å². The molecule has 1 N–H and O–H groups in total. The first kappa shape index (κ1) is 19.0. The Bertz CT molecular complexity index is 724. The van der Waals surface area contributed by atoms with Gasteiger partial charge >= 0.3 is 5.97 Å². The zero-order valence-electron chi connectivity index (χ0n) is 14.6. The van der Waals surface area contributed by atoms with Gasteiger partial charge in [-0.25, -0.2) is 4.79 Å². The molecular formula is C20H22ClNO3. The summed E-state index contributed by atoms with van der Waals surface area (Å²) < 4.78 is 4.95. The van der Waals surface area contributed by atoms with Crippen molar-refractivity contribution in [2.24, 2.45) is 5.92 Å². The molecule has 2 aromatic carbocycles. The summed E-state index contributed by atoms with van der Waals surface area (Å²) in [4.78, 5) is 24.4. The van der Waals surface area contributed by atoms with Crippen molar-refractivity contribution in [3.63, 3.8) is 0 Å². The molecule has 5 heteroatoms. The molecule has 25 heavy (non-hydrogen) atoms. The highest BCUT2D eigenvalue weighted by Gasteiger charge is 2.24. The Hall–Kier alpha value is -2.33. The van der Waals surface area contributed by atoms with Crippen molar-refractivity contribution in [3.05, 3.63) is 64.7 Å². The van der Waals surface area contributed by atoms with Crippen LogP contribution < -0.4 is 5.32 Å². The summed E-state index contributed by atoms with van der Waals surface area (Å²) in [5.74, 6) is -0.634. The minimum atomic E-state index is -0.374. The molecule has 0 bridgehead atoms. The molecule has 0 saturated carbocycles. The number of benzene rings is 2. The Morgan fingerprint density at radius 3 is 2.16 bits per heavy atom. The van der Waals surface area contributed by atoms with E-state index in [-0.39, 0.29) is 23.7 Å². The van der Waals surface area contributed by atoms with Crippen molar-refractivity contribution in [1.82, 2.24) is 0 Å². The highest BCUT2D eigenvalue weighted by atomic mass is 35.5. The molecule has 0 spiro atoms. The Labute approximate surface area is 153 Å². The van der Waals surface area contributed by atoms with Crippen LogP contribution in [0.3, 0.4) is 0 Å². The number of hydrogen-bond acceptors (Lipinski definition) is 3. The Morgan fingerprint density at radius 2 is 1.64 bits per heavy atom. The normalized spacial score (nSPS) is 11.9. The van der Waals surface area contributed by atoms with Gasteiger partial charge in [-0.2, -0.15) is 0 Å². The lowest BCUT2D eigenvalue weighted by molar-refractivity contribution is -0.118. The maximum Gasteiger partial charge on any atom is 0.338 e. The van der Waals surface area contributed by atoms with Crippen LogP contribution >= 0.6 is 11.6 Å². The van der Waals surface area contributed by atoms with Crippen LogP contribution in [0.15, 0.2) is 48.5 Å². The van der Waals surface area contributed by atoms with E-state index in [1.54, 1.807) is 43.3 Å². The van der Waals surface area contributed by atoms with Gasteiger partial charge in [0.2, 0.25) is 5.91 Å². The molecule has 0 aromatic heterocycles. The standard InChI is InChI=1S/C20H22ClNO3/c1-4-25-20(24)15-7-11-17(12-8-15)22-19(23)18(13(2)3)14-5-9-16(21)10-6-14/h5-13,18H,4H2,1-3H3,(H,22,23)/t18-/m0/s1. The zero-order valence-corrected chi connectivity index (χ0v) is 15.3. The van der Waals surface area contributed by atoms with Crippen LogP contribution in [0.4, 0.5) is 5.69 Å². The fourth-order valence-electron chi connectivity index (χ4n) is 2.63. The van der Waals surface area contributed by atoms with Gasteiger partial charge in [0.25, 0.3) is 0 Å². The first-order valence-corrected chi connectivity index (χ1v) is 8.63. The number of carbonyl (C=O) groups excluding carboxylic acids is 2. The fourth-order valence-corrected chi connectivity index (χ4v) is 2.76. The van der Waals surface area contributed by atoms with Crippen LogP contribution in [-0.4, -0.2) is 18.5 Å². The van der Waals surface area contributed by atoms with E-state index in [1.165, 1.54) is 0 Å². The van der Waals surface area contributed by atoms with Gasteiger partial charge in [-0.3, -0.25) is 4.79 Å². The van der Waals surface area contributed by atoms with Gasteiger partial charge in [-0.15, -0.1) is 0 Å². The van der Waals surface area contributed by atoms with Crippen LogP contribution in [0, 0.1) is 5.92 Å². The molecule has 0 aliphatic carbocycles. The summed E-state index contributed by atoms with van der Waals surface area (Å²) in [6.07, 6.45) is 0. The van der Waals surface area contributed by atoms with Crippen LogP contribution in [-0.2, 0) is 9.53 Å². The van der Waals surface area contributed by atoms with Gasteiger partial charge in [-0.1, -0.05) is 37.6 Å². The highest BCUT2D eigenvalue weighted by molar-refractivity contribution is 6.30. The predicted molar refractivity (Wildman–Crippen MR) is 100 cm³/mol. The Balaban J connectivity index is 2.13. The van der Waals surface area contributed by atoms with Gasteiger partial charge in [-0.05, 0) is 54.8 Å². The quantitative estimate of drug-likeness (QED) is 0.746. The lowest BCUT2D eigenvalue weighted by Gasteiger charge is -2.21. The van der Waals surface area contributed by atoms with Gasteiger partial charge in [0, 0.05) is 10.7 Å². The van der Waals surface area contributed by atoms with Crippen molar-refractivity contribution in [3.8, 4) is 0 Å². The minimum absolute atomic E-state index is 0.0961. The van der Waals surface area contributed by atoms with Crippen molar-refractivity contribution < 1.29 is 14.3 Å². The lowest BCUT2D eigenvalue weighted by atomic mass is 9.87. The molecule has 2 rings (SSSR count). The second kappa shape index (κ2) is 8.67. The Morgan fingerprint density at radius 1 is 1.04 bits per heavy atom. The van der Waals surface area contributed by atoms with Crippen LogP contribution in [0.5, 0.6) is 0 Å². The fraction of sp³-hybridized carbons (Fsp3) is 0.300. The molecule has 4 nitrogen and oxygen atoms in total. The first-order chi connectivity index (χ1) is 11.9. The largest absolute Gasteiger partial charge is 0.462 e. The van der Waals surface area contributed by atoms with E-state index in [0.29, 0.717) is 22.9 Å². The molecule has 0 unspecified atom stereocenters. The van der Waals surface area contributed by atoms with Gasteiger partial charge in [0.1, 0.15) is 0 Å². The number of halogens is 1. The molecule has 1 atom stereocenters. The molecular weight excluding hydrogens is 338 g/mol. The second-order valence-electron chi connectivity index (χ2n) is 6.06. The van der Waals surface area contributed by atoms with E-state index in [9.17, 15) is 9.59 Å². The third-order valence-corrected chi connectivity index (χ3v) is 4.09. The van der Waals surface area contributed by atoms with Crippen molar-refractivity contribution in [1.29, 1.82) is 0 Å². The number of anilines is 1. The third-order valence-electron chi connectivity index (χ3n) is 3.84. The van der Waals surface area contributed by atoms with Crippen molar-refractivity contribution in [2.45, 2.75) is 26.7 Å². The highest BCUT2D eigenvalue weighted by Crippen LogP contribution is 2.27. The van der Waals surface area contributed by atoms with E-state index in [4.69, 9.17) is 16.3 Å². The summed E-state index contributed by atoms with van der Waals surface area (Å²) in [6.45, 7) is 6.09. The Kier molecular flexibility index (Phi) is 6.59. The topological polar surface area (TPSA) is 55.4 Å². The number of rotatable bonds is 6.